The molecule has 0 spiro atoms. The van der Waals surface area contributed by atoms with E-state index in [1.807, 2.05) is 0 Å². The molecular formula is C32H26Cl3F6NO4. The lowest BCUT2D eigenvalue weighted by Gasteiger charge is -2.23. The quantitative estimate of drug-likeness (QED) is 0.123. The van der Waals surface area contributed by atoms with Crippen molar-refractivity contribution in [2.24, 2.45) is 5.92 Å². The number of ketones is 2. The Morgan fingerprint density at radius 2 is 1.59 bits per heavy atom. The van der Waals surface area contributed by atoms with Crippen molar-refractivity contribution in [3.8, 4) is 0 Å². The van der Waals surface area contributed by atoms with Crippen LogP contribution >= 0.6 is 34.8 Å². The number of hydrogen-bond donors (Lipinski definition) is 1. The summed E-state index contributed by atoms with van der Waals surface area (Å²) in [5.41, 5.74) is -3.77. The highest BCUT2D eigenvalue weighted by molar-refractivity contribution is 6.53. The van der Waals surface area contributed by atoms with Crippen molar-refractivity contribution in [3.05, 3.63) is 98.8 Å². The molecule has 0 aliphatic heterocycles. The Hall–Kier alpha value is -3.12. The number of halogens is 9. The third kappa shape index (κ3) is 7.38. The zero-order valence-corrected chi connectivity index (χ0v) is 26.7. The van der Waals surface area contributed by atoms with Gasteiger partial charge < -0.3 is 10.1 Å². The van der Waals surface area contributed by atoms with Crippen molar-refractivity contribution in [3.63, 3.8) is 0 Å². The van der Waals surface area contributed by atoms with Crippen LogP contribution in [-0.2, 0) is 33.3 Å². The average Bonchev–Trinajstić information content (AvgIpc) is 3.54. The van der Waals surface area contributed by atoms with Crippen LogP contribution in [0.15, 0.2) is 48.5 Å². The highest BCUT2D eigenvalue weighted by Gasteiger charge is 2.67. The van der Waals surface area contributed by atoms with Gasteiger partial charge in [-0.1, -0.05) is 23.7 Å². The van der Waals surface area contributed by atoms with E-state index >= 15 is 4.39 Å². The summed E-state index contributed by atoms with van der Waals surface area (Å²) in [6, 6.07) is 8.02. The molecule has 0 bridgehead atoms. The van der Waals surface area contributed by atoms with Crippen molar-refractivity contribution in [2.45, 2.75) is 55.6 Å². The number of carbonyl (C=O) groups excluding carboxylic acids is 3. The van der Waals surface area contributed by atoms with Crippen LogP contribution in [-0.4, -0.2) is 34.0 Å². The van der Waals surface area contributed by atoms with E-state index in [1.165, 1.54) is 32.0 Å². The molecule has 1 aliphatic carbocycles. The van der Waals surface area contributed by atoms with Crippen molar-refractivity contribution in [2.75, 3.05) is 11.9 Å². The van der Waals surface area contributed by atoms with Gasteiger partial charge in [-0.25, -0.2) is 13.2 Å². The maximum atomic E-state index is 15.4. The first-order valence-corrected chi connectivity index (χ1v) is 14.9. The van der Waals surface area contributed by atoms with Crippen LogP contribution in [0.1, 0.15) is 59.3 Å². The molecule has 1 N–H and O–H groups in total. The van der Waals surface area contributed by atoms with Gasteiger partial charge in [-0.15, -0.1) is 23.2 Å². The summed E-state index contributed by atoms with van der Waals surface area (Å²) >= 11 is 18.7. The van der Waals surface area contributed by atoms with Gasteiger partial charge in [-0.05, 0) is 68.3 Å². The van der Waals surface area contributed by atoms with E-state index in [4.69, 9.17) is 39.5 Å². The van der Waals surface area contributed by atoms with Crippen LogP contribution < -0.4 is 5.32 Å². The number of alkyl halides is 5. The third-order valence-corrected chi connectivity index (χ3v) is 8.93. The zero-order chi connectivity index (χ0) is 34.4. The Bertz CT molecular complexity index is 1710. The van der Waals surface area contributed by atoms with Crippen molar-refractivity contribution < 1.29 is 45.5 Å². The van der Waals surface area contributed by atoms with Gasteiger partial charge in [0.05, 0.1) is 16.5 Å². The monoisotopic (exact) mass is 707 g/mol. The molecule has 0 radical (unpaired) electrons. The lowest BCUT2D eigenvalue weighted by atomic mass is 9.93. The normalized spacial score (nSPS) is 17.5. The number of amides is 1. The summed E-state index contributed by atoms with van der Waals surface area (Å²) in [4.78, 5) is 38.9. The smallest absolute Gasteiger partial charge is 0.368 e. The first-order chi connectivity index (χ1) is 21.3. The Kier molecular flexibility index (Phi) is 10.2. The number of benzene rings is 3. The second kappa shape index (κ2) is 13.2. The molecule has 4 rings (SSSR count). The van der Waals surface area contributed by atoms with Crippen molar-refractivity contribution in [1.29, 1.82) is 0 Å². The molecular weight excluding hydrogens is 683 g/mol. The second-order valence-electron chi connectivity index (χ2n) is 11.2. The topological polar surface area (TPSA) is 72.5 Å². The Balaban J connectivity index is 1.52. The van der Waals surface area contributed by atoms with Gasteiger partial charge in [-0.3, -0.25) is 14.4 Å². The fraction of sp³-hybridized carbons (Fsp3) is 0.344. The molecule has 46 heavy (non-hydrogen) atoms. The average molecular weight is 709 g/mol. The fourth-order valence-corrected chi connectivity index (χ4v) is 6.14. The molecule has 14 heteroatoms. The van der Waals surface area contributed by atoms with Crippen molar-refractivity contribution >= 4 is 58.0 Å². The maximum absolute atomic E-state index is 15.4. The molecule has 0 saturated heterocycles. The van der Waals surface area contributed by atoms with Gasteiger partial charge >= 0.3 is 6.18 Å². The lowest BCUT2D eigenvalue weighted by molar-refractivity contribution is -0.140. The van der Waals surface area contributed by atoms with Crippen molar-refractivity contribution in [1.82, 2.24) is 0 Å². The number of nitrogens with one attached hydrogen (secondary N) is 1. The van der Waals surface area contributed by atoms with E-state index in [2.05, 4.69) is 5.32 Å². The number of carbonyl (C=O) groups is 3. The summed E-state index contributed by atoms with van der Waals surface area (Å²) in [6.45, 7) is 4.83. The van der Waals surface area contributed by atoms with Gasteiger partial charge in [0, 0.05) is 42.2 Å². The summed E-state index contributed by atoms with van der Waals surface area (Å²) in [5.74, 6) is -7.98. The van der Waals surface area contributed by atoms with Crippen LogP contribution in [0.4, 0.5) is 32.0 Å². The molecule has 1 aliphatic rings. The van der Waals surface area contributed by atoms with E-state index in [0.29, 0.717) is 12.1 Å². The van der Waals surface area contributed by atoms with Gasteiger partial charge in [0.2, 0.25) is 5.91 Å². The Labute approximate surface area is 275 Å². The number of ether oxygens (including phenoxy) is 1. The zero-order valence-electron chi connectivity index (χ0n) is 24.4. The molecule has 2 atom stereocenters. The molecule has 0 aromatic heterocycles. The van der Waals surface area contributed by atoms with E-state index in [1.54, 1.807) is 6.92 Å². The lowest BCUT2D eigenvalue weighted by Crippen LogP contribution is -2.36. The minimum Gasteiger partial charge on any atom is -0.368 e. The number of rotatable bonds is 11. The second-order valence-corrected chi connectivity index (χ2v) is 13.0. The molecule has 3 aromatic rings. The molecule has 3 aromatic carbocycles. The number of Topliss-reactive ketones (excluding diaryl/α,β-unsaturated/α-hetero) is 2. The first-order valence-electron chi connectivity index (χ1n) is 13.8. The fourth-order valence-electron chi connectivity index (χ4n) is 5.09. The molecule has 1 amide bonds. The van der Waals surface area contributed by atoms with Gasteiger partial charge in [-0.2, -0.15) is 13.2 Å². The summed E-state index contributed by atoms with van der Waals surface area (Å²) in [7, 11) is 0. The summed E-state index contributed by atoms with van der Waals surface area (Å²) < 4.78 is 86.9. The van der Waals surface area contributed by atoms with Crippen LogP contribution in [0, 0.1) is 23.4 Å². The van der Waals surface area contributed by atoms with E-state index in [-0.39, 0.29) is 34.0 Å². The minimum atomic E-state index is -4.99. The highest BCUT2D eigenvalue weighted by Crippen LogP contribution is 2.65. The maximum Gasteiger partial charge on any atom is 0.419 e. The van der Waals surface area contributed by atoms with Gasteiger partial charge in [0.1, 0.15) is 27.4 Å². The van der Waals surface area contributed by atoms with Crippen LogP contribution in [0.2, 0.25) is 5.02 Å². The summed E-state index contributed by atoms with van der Waals surface area (Å²) in [6.07, 6.45) is -6.19. The Morgan fingerprint density at radius 1 is 0.935 bits per heavy atom. The first kappa shape index (κ1) is 35.7. The minimum absolute atomic E-state index is 0.0339. The predicted octanol–water partition coefficient (Wildman–Crippen LogP) is 8.65. The standard InChI is InChI=1S/C32H26Cl3F6NO4/c1-4-46-30(2,3)25(44)14-19-22(36)9-6-16(28(19)38)12-24(43)18-13-17(7-8-21(18)33)42-29(45)27-26(31(27,34)35)15-5-10-23(37)20(11-15)32(39,40)41/h5-11,13,26-27H,4,12,14H2,1-3H3,(H,42,45)/t26-,27+/m0/s1. The van der Waals surface area contributed by atoms with Gasteiger partial charge in [0.15, 0.2) is 11.6 Å². The molecule has 1 fully saturated rings. The predicted molar refractivity (Wildman–Crippen MR) is 161 cm³/mol. The van der Waals surface area contributed by atoms with E-state index < -0.39 is 86.8 Å². The van der Waals surface area contributed by atoms with E-state index in [9.17, 15) is 36.3 Å². The number of anilines is 1. The Morgan fingerprint density at radius 3 is 2.22 bits per heavy atom. The third-order valence-electron chi connectivity index (χ3n) is 7.66. The van der Waals surface area contributed by atoms with Crippen LogP contribution in [0.25, 0.3) is 0 Å². The molecule has 0 unspecified atom stereocenters. The van der Waals surface area contributed by atoms with Crippen LogP contribution in [0.3, 0.4) is 0 Å². The molecule has 5 nitrogen and oxygen atoms in total. The van der Waals surface area contributed by atoms with Crippen LogP contribution in [0.5, 0.6) is 0 Å². The number of hydrogen-bond acceptors (Lipinski definition) is 4. The van der Waals surface area contributed by atoms with E-state index in [0.717, 1.165) is 18.2 Å². The van der Waals surface area contributed by atoms with Gasteiger partial charge in [0.25, 0.3) is 0 Å². The molecule has 246 valence electrons. The SMILES string of the molecule is CCOC(C)(C)C(=O)Cc1c(F)ccc(CC(=O)c2cc(NC(=O)[C@H]3[C@H](c4ccc(F)c(C(F)(F)F)c4)C3(Cl)Cl)ccc2Cl)c1F. The summed E-state index contributed by atoms with van der Waals surface area (Å²) in [5, 5.41) is 2.43. The molecule has 1 saturated carbocycles. The largest absolute Gasteiger partial charge is 0.419 e. The molecule has 0 heterocycles. The highest BCUT2D eigenvalue weighted by atomic mass is 35.5.